The van der Waals surface area contributed by atoms with E-state index in [0.717, 1.165) is 5.56 Å². The molecule has 0 aromatic heterocycles. The number of rotatable bonds is 12. The third-order valence-corrected chi connectivity index (χ3v) is 7.69. The molecule has 0 fully saturated rings. The Labute approximate surface area is 279 Å². The van der Waals surface area contributed by atoms with Crippen molar-refractivity contribution >= 4 is 51.6 Å². The van der Waals surface area contributed by atoms with E-state index >= 15 is 0 Å². The van der Waals surface area contributed by atoms with Gasteiger partial charge in [-0.15, -0.1) is 0 Å². The third-order valence-electron chi connectivity index (χ3n) is 6.82. The predicted octanol–water partition coefficient (Wildman–Crippen LogP) is 5.34. The minimum atomic E-state index is -5.88. The molecule has 0 amide bonds. The van der Waals surface area contributed by atoms with Gasteiger partial charge in [0.25, 0.3) is 0 Å². The topological polar surface area (TPSA) is 116 Å². The van der Waals surface area contributed by atoms with Gasteiger partial charge in [0.15, 0.2) is 13.2 Å². The number of alkyl halides is 2. The molecule has 0 aliphatic carbocycles. The van der Waals surface area contributed by atoms with Crippen LogP contribution in [0.1, 0.15) is 51.3 Å². The number of hydrogen-bond acceptors (Lipinski definition) is 7. The van der Waals surface area contributed by atoms with E-state index in [9.17, 15) is 26.8 Å². The summed E-state index contributed by atoms with van der Waals surface area (Å²) in [5, 5.41) is -4.76. The maximum absolute atomic E-state index is 14.4. The van der Waals surface area contributed by atoms with Crippen molar-refractivity contribution in [2.75, 3.05) is 13.2 Å². The van der Waals surface area contributed by atoms with E-state index in [1.165, 1.54) is 6.07 Å². The number of benzene rings is 3. The molecule has 0 bridgehead atoms. The molecule has 3 aromatic carbocycles. The van der Waals surface area contributed by atoms with Crippen molar-refractivity contribution < 1.29 is 45.6 Å². The molecule has 44 heavy (non-hydrogen) atoms. The quantitative estimate of drug-likeness (QED) is 0.160. The first-order valence-electron chi connectivity index (χ1n) is 13.5. The van der Waals surface area contributed by atoms with E-state index in [1.54, 1.807) is 83.1 Å². The first-order chi connectivity index (χ1) is 19.9. The Morgan fingerprint density at radius 3 is 1.89 bits per heavy atom. The molecule has 0 saturated carbocycles. The van der Waals surface area contributed by atoms with Crippen LogP contribution >= 0.6 is 0 Å². The van der Waals surface area contributed by atoms with E-state index in [4.69, 9.17) is 18.8 Å². The van der Waals surface area contributed by atoms with Crippen LogP contribution in [-0.2, 0) is 41.0 Å². The summed E-state index contributed by atoms with van der Waals surface area (Å²) in [7, 11) is -5.88. The number of carbonyl (C=O) groups excluding carboxylic acids is 2. The van der Waals surface area contributed by atoms with Gasteiger partial charge < -0.3 is 14.2 Å². The van der Waals surface area contributed by atoms with Gasteiger partial charge in [-0.3, -0.25) is 9.35 Å². The van der Waals surface area contributed by atoms with Crippen LogP contribution in [0.15, 0.2) is 84.9 Å². The molecule has 0 aliphatic heterocycles. The Hall–Kier alpha value is -2.83. The zero-order valence-corrected chi connectivity index (χ0v) is 25.5. The summed E-state index contributed by atoms with van der Waals surface area (Å²) in [5.41, 5.74) is -2.51. The van der Waals surface area contributed by atoms with Crippen LogP contribution in [0.2, 0.25) is 0 Å². The van der Waals surface area contributed by atoms with Crippen LogP contribution in [0.5, 0.6) is 5.75 Å². The fraction of sp³-hybridized carbons (Fsp3) is 0.375. The fourth-order valence-electron chi connectivity index (χ4n) is 5.08. The van der Waals surface area contributed by atoms with Crippen LogP contribution in [0, 0.1) is 5.41 Å². The first-order valence-corrected chi connectivity index (χ1v) is 14.9. The summed E-state index contributed by atoms with van der Waals surface area (Å²) in [4.78, 5) is 26.9. The van der Waals surface area contributed by atoms with Gasteiger partial charge in [-0.25, -0.2) is 4.79 Å². The van der Waals surface area contributed by atoms with Gasteiger partial charge in [-0.2, -0.15) is 17.2 Å². The number of ether oxygens (including phenoxy) is 3. The monoisotopic (exact) mass is 642 g/mol. The molecule has 0 saturated heterocycles. The van der Waals surface area contributed by atoms with Crippen molar-refractivity contribution in [3.63, 3.8) is 0 Å². The van der Waals surface area contributed by atoms with Crippen molar-refractivity contribution in [3.8, 4) is 5.75 Å². The molecule has 8 nitrogen and oxygen atoms in total. The number of carbonyl (C=O) groups is 2. The van der Waals surface area contributed by atoms with Crippen LogP contribution < -0.4 is 4.74 Å². The van der Waals surface area contributed by atoms with E-state index in [-0.39, 0.29) is 47.3 Å². The summed E-state index contributed by atoms with van der Waals surface area (Å²) in [6, 6.07) is 23.8. The number of esters is 2. The summed E-state index contributed by atoms with van der Waals surface area (Å²) in [5.74, 6) is -1.81. The normalized spacial score (nSPS) is 13.6. The molecule has 12 heteroatoms. The maximum atomic E-state index is 14.4. The molecule has 234 valence electrons. The molecule has 0 radical (unpaired) electrons. The zero-order chi connectivity index (χ0) is 32.1. The molecular weight excluding hydrogens is 605 g/mol. The molecule has 1 atom stereocenters. The summed E-state index contributed by atoms with van der Waals surface area (Å²) < 4.78 is 76.8. The van der Waals surface area contributed by atoms with Gasteiger partial charge in [0.2, 0.25) is 0 Å². The second kappa shape index (κ2) is 14.5. The van der Waals surface area contributed by atoms with E-state index in [0.29, 0.717) is 5.56 Å². The number of halogens is 2. The first kappa shape index (κ1) is 37.4. The van der Waals surface area contributed by atoms with Gasteiger partial charge in [-0.1, -0.05) is 92.7 Å². The Morgan fingerprint density at radius 1 is 0.818 bits per heavy atom. The Kier molecular flexibility index (Phi) is 12.3. The van der Waals surface area contributed by atoms with E-state index < -0.39 is 57.0 Å². The Bertz CT molecular complexity index is 1520. The van der Waals surface area contributed by atoms with Gasteiger partial charge in [-0.05, 0) is 49.8 Å². The second-order valence-electron chi connectivity index (χ2n) is 11.7. The average Bonchev–Trinajstić information content (AvgIpc) is 2.91. The molecular formula is C32H37F2NaO8S. The van der Waals surface area contributed by atoms with Crippen LogP contribution in [-0.4, -0.2) is 78.5 Å². The van der Waals surface area contributed by atoms with Gasteiger partial charge in [0.05, 0.1) is 0 Å². The van der Waals surface area contributed by atoms with Crippen molar-refractivity contribution in [1.29, 1.82) is 0 Å². The van der Waals surface area contributed by atoms with E-state index in [2.05, 4.69) is 0 Å². The average molecular weight is 643 g/mol. The zero-order valence-electron chi connectivity index (χ0n) is 24.7. The SMILES string of the molecule is CC(C)(C)OC(=O)COc1ccccc1C(C(=O)OCC(F)(F)S(=O)(=O)O)(c1ccccc1)C(C)(C)Cc1ccccc1.[NaH]. The molecule has 1 unspecified atom stereocenters. The Balaban J connectivity index is 0.00000675. The van der Waals surface area contributed by atoms with Gasteiger partial charge in [0, 0.05) is 5.56 Å². The van der Waals surface area contributed by atoms with E-state index in [1.807, 2.05) is 30.3 Å². The second-order valence-corrected chi connectivity index (χ2v) is 13.3. The molecule has 0 aliphatic rings. The van der Waals surface area contributed by atoms with Gasteiger partial charge in [0.1, 0.15) is 16.8 Å². The van der Waals surface area contributed by atoms with Crippen molar-refractivity contribution in [2.24, 2.45) is 5.41 Å². The molecule has 0 heterocycles. The van der Waals surface area contributed by atoms with Crippen LogP contribution in [0.25, 0.3) is 0 Å². The summed E-state index contributed by atoms with van der Waals surface area (Å²) >= 11 is 0. The molecule has 3 rings (SSSR count). The molecule has 3 aromatic rings. The van der Waals surface area contributed by atoms with Crippen LogP contribution in [0.3, 0.4) is 0 Å². The number of para-hydroxylation sites is 1. The van der Waals surface area contributed by atoms with Crippen molar-refractivity contribution in [2.45, 2.75) is 57.3 Å². The van der Waals surface area contributed by atoms with Crippen molar-refractivity contribution in [3.05, 3.63) is 102 Å². The predicted molar refractivity (Wildman–Crippen MR) is 164 cm³/mol. The summed E-state index contributed by atoms with van der Waals surface area (Å²) in [6.07, 6.45) is 0.229. The molecule has 1 N–H and O–H groups in total. The van der Waals surface area contributed by atoms with Crippen molar-refractivity contribution in [1.82, 2.24) is 0 Å². The molecule has 0 spiro atoms. The van der Waals surface area contributed by atoms with Gasteiger partial charge >= 0.3 is 56.9 Å². The fourth-order valence-corrected chi connectivity index (χ4v) is 5.29. The summed E-state index contributed by atoms with van der Waals surface area (Å²) in [6.45, 7) is 6.15. The standard InChI is InChI=1S/C32H36F2O8S.Na.H/c1-29(2,3)42-27(35)21-40-26-19-13-12-18-25(26)32(24-16-10-7-11-17-24,28(36)41-22-31(33,34)43(37,38)39)30(4,5)20-23-14-8-6-9-15-23;;/h6-19H,20-22H2,1-5H3,(H,37,38,39);;. The van der Waals surface area contributed by atoms with Crippen LogP contribution in [0.4, 0.5) is 8.78 Å². The third kappa shape index (κ3) is 8.66. The number of hydrogen-bond donors (Lipinski definition) is 1. The Morgan fingerprint density at radius 2 is 1.34 bits per heavy atom. The minimum absolute atomic E-state index is 0.